The van der Waals surface area contributed by atoms with Crippen molar-refractivity contribution in [1.29, 1.82) is 0 Å². The Morgan fingerprint density at radius 3 is 2.58 bits per heavy atom. The molecule has 2 rings (SSSR count). The summed E-state index contributed by atoms with van der Waals surface area (Å²) < 4.78 is 1.44. The van der Waals surface area contributed by atoms with Crippen LogP contribution in [0.15, 0.2) is 21.9 Å². The van der Waals surface area contributed by atoms with Crippen LogP contribution in [0.4, 0.5) is 0 Å². The fraction of sp³-hybridized carbons (Fsp3) is 0.579. The molecule has 142 valence electrons. The van der Waals surface area contributed by atoms with E-state index in [-0.39, 0.29) is 17.3 Å². The molecule has 7 heteroatoms. The monoisotopic (exact) mass is 360 g/mol. The third-order valence-corrected chi connectivity index (χ3v) is 4.41. The van der Waals surface area contributed by atoms with E-state index in [1.165, 1.54) is 10.8 Å². The van der Waals surface area contributed by atoms with Gasteiger partial charge in [0, 0.05) is 25.3 Å². The molecule has 26 heavy (non-hydrogen) atoms. The molecule has 0 bridgehead atoms. The van der Waals surface area contributed by atoms with Crippen LogP contribution < -0.4 is 11.2 Å². The van der Waals surface area contributed by atoms with Crippen molar-refractivity contribution in [2.75, 3.05) is 6.54 Å². The number of hydrogen-bond donors (Lipinski definition) is 1. The summed E-state index contributed by atoms with van der Waals surface area (Å²) in [4.78, 5) is 45.5. The molecule has 0 saturated carbocycles. The Hall–Kier alpha value is -2.44. The number of aryl methyl sites for hydroxylation is 1. The van der Waals surface area contributed by atoms with Crippen molar-refractivity contribution in [2.24, 2.45) is 0 Å². The molecular formula is C19H28N4O3. The molecular weight excluding hydrogens is 332 g/mol. The van der Waals surface area contributed by atoms with Gasteiger partial charge < -0.3 is 4.90 Å². The number of pyridine rings is 1. The Morgan fingerprint density at radius 2 is 1.96 bits per heavy atom. The lowest BCUT2D eigenvalue weighted by Gasteiger charge is -2.27. The van der Waals surface area contributed by atoms with E-state index in [1.807, 2.05) is 20.8 Å². The SMILES string of the molecule is CCCCCN(C(=O)c1cnc2c(c1)c(=O)[nH]c(=O)n2CCC)C(C)C. The summed E-state index contributed by atoms with van der Waals surface area (Å²) in [7, 11) is 0. The Balaban J connectivity index is 2.45. The Labute approximate surface area is 153 Å². The van der Waals surface area contributed by atoms with Gasteiger partial charge in [-0.2, -0.15) is 0 Å². The minimum atomic E-state index is -0.512. The number of hydrogen-bond acceptors (Lipinski definition) is 4. The van der Waals surface area contributed by atoms with Gasteiger partial charge in [-0.3, -0.25) is 19.1 Å². The number of aromatic nitrogens is 3. The van der Waals surface area contributed by atoms with E-state index < -0.39 is 11.2 Å². The number of fused-ring (bicyclic) bond motifs is 1. The maximum Gasteiger partial charge on any atom is 0.329 e. The van der Waals surface area contributed by atoms with Gasteiger partial charge in [-0.05, 0) is 32.8 Å². The lowest BCUT2D eigenvalue weighted by atomic mass is 10.1. The van der Waals surface area contributed by atoms with Crippen molar-refractivity contribution in [1.82, 2.24) is 19.4 Å². The van der Waals surface area contributed by atoms with Gasteiger partial charge in [0.2, 0.25) is 0 Å². The maximum absolute atomic E-state index is 12.9. The quantitative estimate of drug-likeness (QED) is 0.733. The number of carbonyl (C=O) groups excluding carboxylic acids is 1. The van der Waals surface area contributed by atoms with Gasteiger partial charge in [0.1, 0.15) is 5.65 Å². The van der Waals surface area contributed by atoms with E-state index >= 15 is 0 Å². The van der Waals surface area contributed by atoms with Gasteiger partial charge in [0.25, 0.3) is 11.5 Å². The third-order valence-electron chi connectivity index (χ3n) is 4.41. The zero-order valence-corrected chi connectivity index (χ0v) is 16.0. The standard InChI is InChI=1S/C19H28N4O3/c1-5-7-8-10-22(13(3)4)18(25)14-11-15-16(20-12-14)23(9-6-2)19(26)21-17(15)24/h11-13H,5-10H2,1-4H3,(H,21,24,26). The molecule has 1 N–H and O–H groups in total. The second-order valence-corrected chi connectivity index (χ2v) is 6.81. The summed E-state index contributed by atoms with van der Waals surface area (Å²) in [5.41, 5.74) is -0.296. The molecule has 2 heterocycles. The molecule has 0 aliphatic heterocycles. The molecule has 0 aliphatic rings. The summed E-state index contributed by atoms with van der Waals surface area (Å²) >= 11 is 0. The average Bonchev–Trinajstić information content (AvgIpc) is 2.61. The molecule has 2 aromatic heterocycles. The Bertz CT molecular complexity index is 882. The van der Waals surface area contributed by atoms with E-state index in [9.17, 15) is 14.4 Å². The van der Waals surface area contributed by atoms with Crippen LogP contribution in [0.3, 0.4) is 0 Å². The first-order chi connectivity index (χ1) is 12.4. The van der Waals surface area contributed by atoms with Crippen LogP contribution in [-0.2, 0) is 6.54 Å². The Morgan fingerprint density at radius 1 is 1.23 bits per heavy atom. The van der Waals surface area contributed by atoms with E-state index in [0.717, 1.165) is 25.7 Å². The number of H-pyrrole nitrogens is 1. The molecule has 0 spiro atoms. The zero-order valence-electron chi connectivity index (χ0n) is 16.0. The number of unbranched alkanes of at least 4 members (excludes halogenated alkanes) is 2. The smallest absolute Gasteiger partial charge is 0.329 e. The molecule has 0 aliphatic carbocycles. The summed E-state index contributed by atoms with van der Waals surface area (Å²) in [5.74, 6) is -0.141. The molecule has 0 atom stereocenters. The topological polar surface area (TPSA) is 88.1 Å². The summed E-state index contributed by atoms with van der Waals surface area (Å²) in [5, 5.41) is 0.265. The second-order valence-electron chi connectivity index (χ2n) is 6.81. The van der Waals surface area contributed by atoms with Crippen LogP contribution in [0.25, 0.3) is 11.0 Å². The lowest BCUT2D eigenvalue weighted by Crippen LogP contribution is -2.38. The molecule has 0 saturated heterocycles. The predicted octanol–water partition coefficient (Wildman–Crippen LogP) is 2.54. The summed E-state index contributed by atoms with van der Waals surface area (Å²) in [6.45, 7) is 9.15. The van der Waals surface area contributed by atoms with Crippen molar-refractivity contribution in [3.05, 3.63) is 38.7 Å². The van der Waals surface area contributed by atoms with E-state index in [2.05, 4.69) is 16.9 Å². The van der Waals surface area contributed by atoms with E-state index in [1.54, 1.807) is 11.0 Å². The molecule has 0 fully saturated rings. The number of nitrogens with zero attached hydrogens (tertiary/aromatic N) is 3. The van der Waals surface area contributed by atoms with Crippen molar-refractivity contribution < 1.29 is 4.79 Å². The highest BCUT2D eigenvalue weighted by Gasteiger charge is 2.20. The first-order valence-electron chi connectivity index (χ1n) is 9.34. The average molecular weight is 360 g/mol. The first kappa shape index (κ1) is 19.9. The highest BCUT2D eigenvalue weighted by molar-refractivity contribution is 5.96. The highest BCUT2D eigenvalue weighted by atomic mass is 16.2. The number of nitrogens with one attached hydrogen (secondary N) is 1. The lowest BCUT2D eigenvalue weighted by molar-refractivity contribution is 0.0702. The van der Waals surface area contributed by atoms with Gasteiger partial charge in [-0.25, -0.2) is 9.78 Å². The van der Waals surface area contributed by atoms with Gasteiger partial charge in [0.15, 0.2) is 0 Å². The Kier molecular flexibility index (Phi) is 6.71. The fourth-order valence-electron chi connectivity index (χ4n) is 3.01. The zero-order chi connectivity index (χ0) is 19.3. The van der Waals surface area contributed by atoms with Crippen molar-refractivity contribution in [3.63, 3.8) is 0 Å². The van der Waals surface area contributed by atoms with E-state index in [4.69, 9.17) is 0 Å². The van der Waals surface area contributed by atoms with Crippen molar-refractivity contribution in [2.45, 2.75) is 66.0 Å². The normalized spacial score (nSPS) is 11.3. The van der Waals surface area contributed by atoms with Gasteiger partial charge in [-0.1, -0.05) is 26.7 Å². The van der Waals surface area contributed by atoms with Gasteiger partial charge >= 0.3 is 5.69 Å². The molecule has 0 unspecified atom stereocenters. The van der Waals surface area contributed by atoms with Crippen LogP contribution >= 0.6 is 0 Å². The van der Waals surface area contributed by atoms with Crippen LogP contribution in [0, 0.1) is 0 Å². The molecule has 7 nitrogen and oxygen atoms in total. The largest absolute Gasteiger partial charge is 0.336 e. The summed E-state index contributed by atoms with van der Waals surface area (Å²) in [6, 6.07) is 1.60. The summed E-state index contributed by atoms with van der Waals surface area (Å²) in [6.07, 6.45) is 5.29. The van der Waals surface area contributed by atoms with Crippen LogP contribution in [0.5, 0.6) is 0 Å². The molecule has 0 aromatic carbocycles. The van der Waals surface area contributed by atoms with Crippen LogP contribution in [-0.4, -0.2) is 37.9 Å². The first-order valence-corrected chi connectivity index (χ1v) is 9.34. The van der Waals surface area contributed by atoms with Gasteiger partial charge in [-0.15, -0.1) is 0 Å². The maximum atomic E-state index is 12.9. The minimum Gasteiger partial charge on any atom is -0.336 e. The predicted molar refractivity (Wildman–Crippen MR) is 103 cm³/mol. The molecule has 2 aromatic rings. The second kappa shape index (κ2) is 8.78. The highest BCUT2D eigenvalue weighted by Crippen LogP contribution is 2.13. The number of rotatable bonds is 8. The van der Waals surface area contributed by atoms with E-state index in [0.29, 0.717) is 24.3 Å². The van der Waals surface area contributed by atoms with Crippen LogP contribution in [0.2, 0.25) is 0 Å². The number of amides is 1. The molecule has 0 radical (unpaired) electrons. The van der Waals surface area contributed by atoms with Crippen molar-refractivity contribution in [3.8, 4) is 0 Å². The number of aromatic amines is 1. The third kappa shape index (κ3) is 4.20. The molecule has 1 amide bonds. The van der Waals surface area contributed by atoms with Crippen LogP contribution in [0.1, 0.15) is 63.7 Å². The number of carbonyl (C=O) groups is 1. The van der Waals surface area contributed by atoms with Crippen molar-refractivity contribution >= 4 is 16.9 Å². The van der Waals surface area contributed by atoms with Gasteiger partial charge in [0.05, 0.1) is 10.9 Å². The fourth-order valence-corrected chi connectivity index (χ4v) is 3.01. The minimum absolute atomic E-state index is 0.0578.